The molecule has 8 nitrogen and oxygen atoms in total. The molecule has 2 rings (SSSR count). The van der Waals surface area contributed by atoms with Gasteiger partial charge in [-0.1, -0.05) is 12.1 Å². The van der Waals surface area contributed by atoms with Crippen molar-refractivity contribution in [3.63, 3.8) is 0 Å². The van der Waals surface area contributed by atoms with E-state index in [0.717, 1.165) is 0 Å². The summed E-state index contributed by atoms with van der Waals surface area (Å²) in [5.74, 6) is -1.26. The summed E-state index contributed by atoms with van der Waals surface area (Å²) < 4.78 is 15.1. The number of benzene rings is 1. The van der Waals surface area contributed by atoms with Crippen molar-refractivity contribution in [1.29, 1.82) is 0 Å². The first-order valence-corrected chi connectivity index (χ1v) is 8.55. The van der Waals surface area contributed by atoms with Gasteiger partial charge in [0.05, 0.1) is 17.4 Å². The van der Waals surface area contributed by atoms with Gasteiger partial charge in [0.15, 0.2) is 6.61 Å². The van der Waals surface area contributed by atoms with Gasteiger partial charge >= 0.3 is 11.9 Å². The quantitative estimate of drug-likeness (QED) is 0.742. The lowest BCUT2D eigenvalue weighted by atomic mass is 10.1. The number of hydrogen-bond donors (Lipinski definition) is 1. The number of carbonyl (C=O) groups excluding carboxylic acids is 3. The summed E-state index contributed by atoms with van der Waals surface area (Å²) in [6, 6.07) is 6.21. The molecule has 8 heteroatoms. The van der Waals surface area contributed by atoms with Crippen LogP contribution in [0.4, 0.5) is 5.69 Å². The highest BCUT2D eigenvalue weighted by Gasteiger charge is 2.21. The van der Waals surface area contributed by atoms with Gasteiger partial charge in [0.2, 0.25) is 0 Å². The number of hydrogen-bond acceptors (Lipinski definition) is 7. The molecule has 27 heavy (non-hydrogen) atoms. The van der Waals surface area contributed by atoms with Gasteiger partial charge in [0.1, 0.15) is 11.3 Å². The molecule has 0 unspecified atom stereocenters. The fourth-order valence-electron chi connectivity index (χ4n) is 2.29. The Hall–Kier alpha value is -3.16. The van der Waals surface area contributed by atoms with E-state index in [0.29, 0.717) is 29.1 Å². The summed E-state index contributed by atoms with van der Waals surface area (Å²) in [6.45, 7) is 6.51. The molecule has 144 valence electrons. The normalized spacial score (nSPS) is 10.6. The van der Waals surface area contributed by atoms with Crippen molar-refractivity contribution in [2.24, 2.45) is 0 Å². The number of aromatic nitrogens is 1. The Kier molecular flexibility index (Phi) is 6.70. The van der Waals surface area contributed by atoms with Crippen LogP contribution >= 0.6 is 0 Å². The van der Waals surface area contributed by atoms with Crippen molar-refractivity contribution >= 4 is 23.5 Å². The Balaban J connectivity index is 1.89. The smallest absolute Gasteiger partial charge is 0.344 e. The van der Waals surface area contributed by atoms with E-state index in [1.807, 2.05) is 6.92 Å². The Bertz CT molecular complexity index is 823. The van der Waals surface area contributed by atoms with Gasteiger partial charge in [-0.15, -0.1) is 0 Å². The number of amides is 1. The van der Waals surface area contributed by atoms with Crippen LogP contribution in [0.25, 0.3) is 0 Å². The molecule has 0 bridgehead atoms. The fourth-order valence-corrected chi connectivity index (χ4v) is 2.29. The minimum atomic E-state index is -0.660. The van der Waals surface area contributed by atoms with Crippen LogP contribution in [0.2, 0.25) is 0 Å². The molecule has 1 aromatic heterocycles. The number of carbonyl (C=O) groups is 3. The van der Waals surface area contributed by atoms with Crippen molar-refractivity contribution in [3.8, 4) is 0 Å². The minimum Gasteiger partial charge on any atom is -0.459 e. The Morgan fingerprint density at radius 2 is 1.81 bits per heavy atom. The van der Waals surface area contributed by atoms with Crippen LogP contribution in [0.15, 0.2) is 28.8 Å². The SMILES string of the molecule is CCc1noc(C)c1C(=O)OCC(=O)Nc1ccc(C(=O)OC(C)C)cc1. The largest absolute Gasteiger partial charge is 0.459 e. The standard InChI is InChI=1S/C19H22N2O6/c1-5-15-17(12(4)27-21-15)19(24)25-10-16(22)20-14-8-6-13(7-9-14)18(23)26-11(2)3/h6-9,11H,5,10H2,1-4H3,(H,20,22). The number of ether oxygens (including phenoxy) is 2. The highest BCUT2D eigenvalue weighted by molar-refractivity contribution is 5.97. The van der Waals surface area contributed by atoms with Crippen LogP contribution in [0.1, 0.15) is 52.9 Å². The third kappa shape index (κ3) is 5.40. The van der Waals surface area contributed by atoms with Crippen LogP contribution in [0, 0.1) is 6.92 Å². The zero-order valence-electron chi connectivity index (χ0n) is 15.7. The molecule has 0 saturated carbocycles. The fraction of sp³-hybridized carbons (Fsp3) is 0.368. The van der Waals surface area contributed by atoms with E-state index >= 15 is 0 Å². The average Bonchev–Trinajstić information content (AvgIpc) is 3.00. The molecule has 2 aromatic rings. The van der Waals surface area contributed by atoms with Crippen molar-refractivity contribution in [1.82, 2.24) is 5.16 Å². The molecule has 0 radical (unpaired) electrons. The maximum atomic E-state index is 12.1. The van der Waals surface area contributed by atoms with E-state index in [4.69, 9.17) is 14.0 Å². The molecule has 0 fully saturated rings. The molecule has 1 N–H and O–H groups in total. The highest BCUT2D eigenvalue weighted by atomic mass is 16.5. The lowest BCUT2D eigenvalue weighted by Gasteiger charge is -2.09. The molecule has 0 spiro atoms. The van der Waals surface area contributed by atoms with E-state index in [1.165, 1.54) is 0 Å². The van der Waals surface area contributed by atoms with Gasteiger partial charge in [-0.3, -0.25) is 4.79 Å². The van der Waals surface area contributed by atoms with Gasteiger partial charge < -0.3 is 19.3 Å². The predicted molar refractivity (Wildman–Crippen MR) is 96.5 cm³/mol. The summed E-state index contributed by atoms with van der Waals surface area (Å²) in [5, 5.41) is 6.36. The minimum absolute atomic E-state index is 0.214. The molecule has 0 aliphatic rings. The lowest BCUT2D eigenvalue weighted by molar-refractivity contribution is -0.119. The molecule has 1 amide bonds. The monoisotopic (exact) mass is 374 g/mol. The second kappa shape index (κ2) is 8.98. The summed E-state index contributed by atoms with van der Waals surface area (Å²) >= 11 is 0. The Morgan fingerprint density at radius 1 is 1.15 bits per heavy atom. The zero-order chi connectivity index (χ0) is 20.0. The van der Waals surface area contributed by atoms with E-state index in [1.54, 1.807) is 45.0 Å². The molecule has 0 atom stereocenters. The first-order chi connectivity index (χ1) is 12.8. The molecular weight excluding hydrogens is 352 g/mol. The second-order valence-electron chi connectivity index (χ2n) is 6.07. The van der Waals surface area contributed by atoms with Crippen LogP contribution in [-0.2, 0) is 20.7 Å². The van der Waals surface area contributed by atoms with E-state index < -0.39 is 24.5 Å². The predicted octanol–water partition coefficient (Wildman–Crippen LogP) is 2.91. The number of nitrogens with zero attached hydrogens (tertiary/aromatic N) is 1. The third-order valence-corrected chi connectivity index (χ3v) is 3.55. The molecule has 0 saturated heterocycles. The summed E-state index contributed by atoms with van der Waals surface area (Å²) in [6.07, 6.45) is 0.299. The third-order valence-electron chi connectivity index (χ3n) is 3.55. The Morgan fingerprint density at radius 3 is 2.41 bits per heavy atom. The summed E-state index contributed by atoms with van der Waals surface area (Å²) in [7, 11) is 0. The van der Waals surface area contributed by atoms with Crippen molar-refractivity contribution in [2.45, 2.75) is 40.2 Å². The average molecular weight is 374 g/mol. The number of nitrogens with one attached hydrogen (secondary N) is 1. The first kappa shape index (κ1) is 20.2. The van der Waals surface area contributed by atoms with E-state index in [-0.39, 0.29) is 11.7 Å². The lowest BCUT2D eigenvalue weighted by Crippen LogP contribution is -2.21. The maximum absolute atomic E-state index is 12.1. The van der Waals surface area contributed by atoms with Crippen LogP contribution in [-0.4, -0.2) is 35.7 Å². The molecule has 0 aliphatic heterocycles. The first-order valence-electron chi connectivity index (χ1n) is 8.55. The maximum Gasteiger partial charge on any atom is 0.344 e. The number of anilines is 1. The summed E-state index contributed by atoms with van der Waals surface area (Å²) in [4.78, 5) is 35.9. The number of rotatable bonds is 7. The van der Waals surface area contributed by atoms with Crippen molar-refractivity contribution in [2.75, 3.05) is 11.9 Å². The zero-order valence-corrected chi connectivity index (χ0v) is 15.7. The van der Waals surface area contributed by atoms with Crippen LogP contribution in [0.5, 0.6) is 0 Å². The molecule has 1 heterocycles. The van der Waals surface area contributed by atoms with Gasteiger partial charge in [0.25, 0.3) is 5.91 Å². The van der Waals surface area contributed by atoms with Crippen molar-refractivity contribution in [3.05, 3.63) is 46.8 Å². The Labute approximate surface area is 156 Å². The molecular formula is C19H22N2O6. The molecule has 0 aliphatic carbocycles. The highest BCUT2D eigenvalue weighted by Crippen LogP contribution is 2.15. The van der Waals surface area contributed by atoms with E-state index in [9.17, 15) is 14.4 Å². The molecule has 1 aromatic carbocycles. The van der Waals surface area contributed by atoms with Crippen LogP contribution in [0.3, 0.4) is 0 Å². The van der Waals surface area contributed by atoms with E-state index in [2.05, 4.69) is 10.5 Å². The second-order valence-corrected chi connectivity index (χ2v) is 6.07. The van der Waals surface area contributed by atoms with Crippen molar-refractivity contribution < 1.29 is 28.4 Å². The number of aryl methyl sites for hydroxylation is 2. The van der Waals surface area contributed by atoms with Gasteiger partial charge in [0, 0.05) is 5.69 Å². The van der Waals surface area contributed by atoms with Gasteiger partial charge in [-0.25, -0.2) is 9.59 Å². The van der Waals surface area contributed by atoms with Gasteiger partial charge in [-0.05, 0) is 51.5 Å². The summed E-state index contributed by atoms with van der Waals surface area (Å²) in [5.41, 5.74) is 1.58. The van der Waals surface area contributed by atoms with Crippen LogP contribution < -0.4 is 5.32 Å². The number of esters is 2. The van der Waals surface area contributed by atoms with Gasteiger partial charge in [-0.2, -0.15) is 0 Å². The topological polar surface area (TPSA) is 108 Å².